The summed E-state index contributed by atoms with van der Waals surface area (Å²) in [6.45, 7) is -0.881. The number of aliphatic hydroxyl groups is 1. The van der Waals surface area contributed by atoms with Crippen molar-refractivity contribution in [1.29, 1.82) is 0 Å². The van der Waals surface area contributed by atoms with Crippen LogP contribution in [0.15, 0.2) is 48.8 Å². The lowest BCUT2D eigenvalue weighted by molar-refractivity contribution is -0.120. The Morgan fingerprint density at radius 3 is 2.55 bits per heavy atom. The van der Waals surface area contributed by atoms with Gasteiger partial charge in [-0.3, -0.25) is 9.78 Å². The summed E-state index contributed by atoms with van der Waals surface area (Å²) in [4.78, 5) is 15.3. The van der Waals surface area contributed by atoms with Crippen molar-refractivity contribution in [1.82, 2.24) is 10.3 Å². The Labute approximate surface area is 133 Å². The molecule has 0 aliphatic heterocycles. The molecule has 0 spiro atoms. The summed E-state index contributed by atoms with van der Waals surface area (Å²) in [7, 11) is 0. The zero-order chi connectivity index (χ0) is 15.9. The lowest BCUT2D eigenvalue weighted by Crippen LogP contribution is -2.41. The van der Waals surface area contributed by atoms with E-state index in [1.54, 1.807) is 24.5 Å². The number of halogens is 2. The summed E-state index contributed by atoms with van der Waals surface area (Å²) in [5.41, 5.74) is 2.40. The predicted octanol–water partition coefficient (Wildman–Crippen LogP) is 2.48. The van der Waals surface area contributed by atoms with Crippen molar-refractivity contribution < 1.29 is 14.3 Å². The molecule has 2 rings (SSSR count). The maximum absolute atomic E-state index is 13.0. The van der Waals surface area contributed by atoms with Crippen molar-refractivity contribution in [2.75, 3.05) is 12.6 Å². The molecule has 2 atom stereocenters. The third-order valence-electron chi connectivity index (χ3n) is 3.26. The minimum atomic E-state index is -1.14. The van der Waals surface area contributed by atoms with E-state index in [9.17, 15) is 14.3 Å². The van der Waals surface area contributed by atoms with Gasteiger partial charge in [0, 0.05) is 12.4 Å². The van der Waals surface area contributed by atoms with Crippen LogP contribution in [0.3, 0.4) is 0 Å². The Bertz CT molecular complexity index is 607. The summed E-state index contributed by atoms with van der Waals surface area (Å²) in [6, 6.07) is 9.76. The summed E-state index contributed by atoms with van der Waals surface area (Å²) < 4.78 is 13.0. The molecule has 1 heterocycles. The molecule has 0 fully saturated rings. The number of nitrogens with zero attached hydrogens (tertiary/aromatic N) is 1. The summed E-state index contributed by atoms with van der Waals surface area (Å²) in [5, 5.41) is 12.5. The van der Waals surface area contributed by atoms with Gasteiger partial charge in [0.25, 0.3) is 0 Å². The lowest BCUT2D eigenvalue weighted by Gasteiger charge is -2.21. The summed E-state index contributed by atoms with van der Waals surface area (Å²) >= 11 is 5.37. The third kappa shape index (κ3) is 4.02. The van der Waals surface area contributed by atoms with Crippen LogP contribution in [0.4, 0.5) is 4.39 Å². The van der Waals surface area contributed by atoms with E-state index in [1.807, 2.05) is 24.3 Å². The zero-order valence-electron chi connectivity index (χ0n) is 11.7. The topological polar surface area (TPSA) is 62.2 Å². The molecular weight excluding hydrogens is 307 g/mol. The van der Waals surface area contributed by atoms with E-state index < -0.39 is 24.7 Å². The van der Waals surface area contributed by atoms with Crippen molar-refractivity contribution >= 4 is 17.5 Å². The first-order valence-corrected chi connectivity index (χ1v) is 7.29. The van der Waals surface area contributed by atoms with Gasteiger partial charge in [0.05, 0.1) is 6.04 Å². The van der Waals surface area contributed by atoms with E-state index in [-0.39, 0.29) is 5.88 Å². The number of amides is 1. The van der Waals surface area contributed by atoms with Crippen LogP contribution in [0.2, 0.25) is 0 Å². The Morgan fingerprint density at radius 2 is 2.00 bits per heavy atom. The molecule has 2 N–H and O–H groups in total. The number of carbonyl (C=O) groups excluding carboxylic acids is 1. The number of pyridine rings is 1. The molecule has 1 amide bonds. The average molecular weight is 323 g/mol. The minimum absolute atomic E-state index is 0.275. The first-order valence-electron chi connectivity index (χ1n) is 6.75. The zero-order valence-corrected chi connectivity index (χ0v) is 12.5. The molecule has 0 aliphatic rings. The van der Waals surface area contributed by atoms with Crippen LogP contribution in [-0.4, -0.2) is 34.6 Å². The van der Waals surface area contributed by atoms with E-state index in [0.29, 0.717) is 5.56 Å². The molecule has 0 unspecified atom stereocenters. The van der Waals surface area contributed by atoms with Gasteiger partial charge in [-0.25, -0.2) is 4.39 Å². The van der Waals surface area contributed by atoms with Gasteiger partial charge in [0.15, 0.2) is 0 Å². The number of aromatic nitrogens is 1. The fourth-order valence-electron chi connectivity index (χ4n) is 2.09. The highest BCUT2D eigenvalue weighted by molar-refractivity contribution is 6.27. The van der Waals surface area contributed by atoms with E-state index in [4.69, 9.17) is 11.6 Å². The van der Waals surface area contributed by atoms with Crippen LogP contribution < -0.4 is 5.32 Å². The predicted molar refractivity (Wildman–Crippen MR) is 83.3 cm³/mol. The SMILES string of the molecule is O=C(CCl)N[C@H](CF)[C@H](O)c1ccc(-c2cccnc2)cc1. The molecule has 0 saturated carbocycles. The van der Waals surface area contributed by atoms with Crippen LogP contribution in [0.1, 0.15) is 11.7 Å². The molecule has 1 aromatic carbocycles. The highest BCUT2D eigenvalue weighted by atomic mass is 35.5. The largest absolute Gasteiger partial charge is 0.386 e. The van der Waals surface area contributed by atoms with E-state index >= 15 is 0 Å². The Hall–Kier alpha value is -1.98. The number of aliphatic hydroxyl groups excluding tert-OH is 1. The number of carbonyl (C=O) groups is 1. The first kappa shape index (κ1) is 16.4. The van der Waals surface area contributed by atoms with Crippen molar-refractivity contribution in [3.63, 3.8) is 0 Å². The van der Waals surface area contributed by atoms with Gasteiger partial charge in [-0.1, -0.05) is 30.3 Å². The van der Waals surface area contributed by atoms with Crippen molar-refractivity contribution in [3.05, 3.63) is 54.4 Å². The van der Waals surface area contributed by atoms with Gasteiger partial charge < -0.3 is 10.4 Å². The number of hydrogen-bond donors (Lipinski definition) is 2. The van der Waals surface area contributed by atoms with Gasteiger partial charge in [-0.2, -0.15) is 0 Å². The number of hydrogen-bond acceptors (Lipinski definition) is 3. The number of benzene rings is 1. The minimum Gasteiger partial charge on any atom is -0.386 e. The second kappa shape index (κ2) is 7.87. The Kier molecular flexibility index (Phi) is 5.86. The number of alkyl halides is 2. The van der Waals surface area contributed by atoms with Crippen LogP contribution in [0, 0.1) is 0 Å². The molecule has 6 heteroatoms. The van der Waals surface area contributed by atoms with Gasteiger partial charge in [0.1, 0.15) is 18.7 Å². The van der Waals surface area contributed by atoms with Crippen LogP contribution in [-0.2, 0) is 4.79 Å². The Balaban J connectivity index is 2.13. The van der Waals surface area contributed by atoms with Gasteiger partial charge in [-0.05, 0) is 22.8 Å². The highest BCUT2D eigenvalue weighted by Gasteiger charge is 2.22. The number of rotatable bonds is 6. The van der Waals surface area contributed by atoms with E-state index in [2.05, 4.69) is 10.3 Å². The third-order valence-corrected chi connectivity index (χ3v) is 3.50. The normalized spacial score (nSPS) is 13.4. The summed E-state index contributed by atoms with van der Waals surface area (Å²) in [5.74, 6) is -0.793. The molecular formula is C16H16ClFN2O2. The van der Waals surface area contributed by atoms with Crippen molar-refractivity contribution in [3.8, 4) is 11.1 Å². The highest BCUT2D eigenvalue weighted by Crippen LogP contribution is 2.23. The standard InChI is InChI=1S/C16H16ClFN2O2/c17-8-15(21)20-14(9-18)16(22)12-5-3-11(4-6-12)13-2-1-7-19-10-13/h1-7,10,14,16,22H,8-9H2,(H,20,21)/t14-,16-/m1/s1. The molecule has 116 valence electrons. The molecule has 4 nitrogen and oxygen atoms in total. The first-order chi connectivity index (χ1) is 10.7. The molecule has 1 aromatic heterocycles. The van der Waals surface area contributed by atoms with Gasteiger partial charge in [-0.15, -0.1) is 11.6 Å². The lowest BCUT2D eigenvalue weighted by atomic mass is 9.99. The average Bonchev–Trinajstić information content (AvgIpc) is 2.59. The quantitative estimate of drug-likeness (QED) is 0.803. The van der Waals surface area contributed by atoms with Crippen molar-refractivity contribution in [2.24, 2.45) is 0 Å². The second-order valence-electron chi connectivity index (χ2n) is 4.77. The van der Waals surface area contributed by atoms with Gasteiger partial charge in [0.2, 0.25) is 5.91 Å². The van der Waals surface area contributed by atoms with E-state index in [1.165, 1.54) is 0 Å². The number of nitrogens with one attached hydrogen (secondary N) is 1. The maximum Gasteiger partial charge on any atom is 0.235 e. The fourth-order valence-corrected chi connectivity index (χ4v) is 2.16. The van der Waals surface area contributed by atoms with Gasteiger partial charge >= 0.3 is 0 Å². The molecule has 0 radical (unpaired) electrons. The van der Waals surface area contributed by atoms with Crippen molar-refractivity contribution in [2.45, 2.75) is 12.1 Å². The second-order valence-corrected chi connectivity index (χ2v) is 5.04. The smallest absolute Gasteiger partial charge is 0.235 e. The van der Waals surface area contributed by atoms with E-state index in [0.717, 1.165) is 11.1 Å². The molecule has 2 aromatic rings. The summed E-state index contributed by atoms with van der Waals surface area (Å²) in [6.07, 6.45) is 2.28. The monoisotopic (exact) mass is 322 g/mol. The van der Waals surface area contributed by atoms with Crippen LogP contribution >= 0.6 is 11.6 Å². The van der Waals surface area contributed by atoms with Crippen LogP contribution in [0.25, 0.3) is 11.1 Å². The fraction of sp³-hybridized carbons (Fsp3) is 0.250. The van der Waals surface area contributed by atoms with Crippen LogP contribution in [0.5, 0.6) is 0 Å². The Morgan fingerprint density at radius 1 is 1.27 bits per heavy atom. The molecule has 0 aliphatic carbocycles. The maximum atomic E-state index is 13.0. The molecule has 22 heavy (non-hydrogen) atoms. The molecule has 0 bridgehead atoms. The molecule has 0 saturated heterocycles.